The molecule has 0 aromatic carbocycles. The lowest BCUT2D eigenvalue weighted by Gasteiger charge is -2.00. The van der Waals surface area contributed by atoms with Crippen molar-refractivity contribution >= 4 is 0 Å². The summed E-state index contributed by atoms with van der Waals surface area (Å²) >= 11 is 0. The van der Waals surface area contributed by atoms with Crippen LogP contribution in [0.1, 0.15) is 0 Å². The molecule has 88 valence electrons. The third-order valence-corrected chi connectivity index (χ3v) is 0.495. The molecule has 0 fully saturated rings. The van der Waals surface area contributed by atoms with Crippen LogP contribution >= 0.6 is 0 Å². The molecule has 0 aliphatic heterocycles. The molecule has 0 N–H and O–H groups in total. The average Bonchev–Trinajstić information content (AvgIpc) is 1.83. The molecule has 0 amide bonds. The maximum absolute atomic E-state index is 10.4. The first-order chi connectivity index (χ1) is 5.89. The Hall–Kier alpha value is -0.700. The number of halogens is 10. The van der Waals surface area contributed by atoms with E-state index in [1.807, 2.05) is 0 Å². The average molecular weight is 240 g/mol. The van der Waals surface area contributed by atoms with Crippen LogP contribution < -0.4 is 0 Å². The standard InChI is InChI=1S/2C2HF5/c2*3-1(4)2(5,6)7/h2*1H. The highest BCUT2D eigenvalue weighted by Crippen LogP contribution is 2.23. The van der Waals surface area contributed by atoms with Crippen LogP contribution in [0.4, 0.5) is 43.9 Å². The fourth-order valence-corrected chi connectivity index (χ4v) is 0. The van der Waals surface area contributed by atoms with Crippen molar-refractivity contribution in [2.45, 2.75) is 25.2 Å². The van der Waals surface area contributed by atoms with E-state index in [-0.39, 0.29) is 0 Å². The van der Waals surface area contributed by atoms with E-state index in [1.165, 1.54) is 0 Å². The third kappa shape index (κ3) is 9.39. The highest BCUT2D eigenvalue weighted by Gasteiger charge is 2.40. The lowest BCUT2D eigenvalue weighted by Crippen LogP contribution is -2.18. The second kappa shape index (κ2) is 5.25. The molecular weight excluding hydrogens is 238 g/mol. The fourth-order valence-electron chi connectivity index (χ4n) is 0. The summed E-state index contributed by atoms with van der Waals surface area (Å²) in [6, 6.07) is 0. The third-order valence-electron chi connectivity index (χ3n) is 0.495. The summed E-state index contributed by atoms with van der Waals surface area (Å²) in [5.41, 5.74) is 0. The van der Waals surface area contributed by atoms with E-state index in [4.69, 9.17) is 0 Å². The zero-order valence-corrected chi connectivity index (χ0v) is 5.93. The summed E-state index contributed by atoms with van der Waals surface area (Å²) in [4.78, 5) is 0. The Bertz CT molecular complexity index is 121. The molecular formula is C4H2F10. The Labute approximate surface area is 70.5 Å². The molecule has 0 rings (SSSR count). The summed E-state index contributed by atoms with van der Waals surface area (Å²) in [6.45, 7) is 0. The molecule has 0 nitrogen and oxygen atoms in total. The van der Waals surface area contributed by atoms with Gasteiger partial charge in [0.25, 0.3) is 0 Å². The van der Waals surface area contributed by atoms with Crippen LogP contribution in [-0.4, -0.2) is 25.2 Å². The van der Waals surface area contributed by atoms with E-state index in [2.05, 4.69) is 0 Å². The SMILES string of the molecule is FC(F)C(F)(F)F.FC(F)C(F)(F)F. The van der Waals surface area contributed by atoms with Gasteiger partial charge in [0.2, 0.25) is 0 Å². The van der Waals surface area contributed by atoms with Gasteiger partial charge in [-0.2, -0.15) is 26.3 Å². The second-order valence-electron chi connectivity index (χ2n) is 1.68. The highest BCUT2D eigenvalue weighted by atomic mass is 19.4. The van der Waals surface area contributed by atoms with Crippen molar-refractivity contribution in [3.63, 3.8) is 0 Å². The van der Waals surface area contributed by atoms with Crippen molar-refractivity contribution in [2.24, 2.45) is 0 Å². The first-order valence-electron chi connectivity index (χ1n) is 2.58. The zero-order chi connectivity index (χ0) is 12.2. The summed E-state index contributed by atoms with van der Waals surface area (Å²) in [5.74, 6) is 0. The molecule has 0 radical (unpaired) electrons. The van der Waals surface area contributed by atoms with Crippen LogP contribution in [0.5, 0.6) is 0 Å². The van der Waals surface area contributed by atoms with Gasteiger partial charge < -0.3 is 0 Å². The van der Waals surface area contributed by atoms with E-state index in [0.29, 0.717) is 0 Å². The Morgan fingerprint density at radius 2 is 0.571 bits per heavy atom. The van der Waals surface area contributed by atoms with Gasteiger partial charge in [0.15, 0.2) is 0 Å². The zero-order valence-electron chi connectivity index (χ0n) is 5.93. The maximum atomic E-state index is 10.4. The fraction of sp³-hybridized carbons (Fsp3) is 1.00. The predicted octanol–water partition coefficient (Wildman–Crippen LogP) is 3.63. The van der Waals surface area contributed by atoms with Gasteiger partial charge in [-0.05, 0) is 0 Å². The molecule has 0 spiro atoms. The van der Waals surface area contributed by atoms with E-state index in [9.17, 15) is 43.9 Å². The Morgan fingerprint density at radius 1 is 0.500 bits per heavy atom. The van der Waals surface area contributed by atoms with Gasteiger partial charge in [0, 0.05) is 0 Å². The van der Waals surface area contributed by atoms with E-state index >= 15 is 0 Å². The van der Waals surface area contributed by atoms with E-state index in [1.54, 1.807) is 0 Å². The minimum atomic E-state index is -5.33. The molecule has 0 aromatic heterocycles. The highest BCUT2D eigenvalue weighted by molar-refractivity contribution is 4.49. The van der Waals surface area contributed by atoms with Crippen molar-refractivity contribution in [2.75, 3.05) is 0 Å². The number of hydrogen-bond acceptors (Lipinski definition) is 0. The van der Waals surface area contributed by atoms with E-state index < -0.39 is 25.2 Å². The van der Waals surface area contributed by atoms with Crippen molar-refractivity contribution in [3.8, 4) is 0 Å². The molecule has 0 unspecified atom stereocenters. The number of hydrogen-bond donors (Lipinski definition) is 0. The minimum absolute atomic E-state index is 4.20. The Balaban J connectivity index is 0. The quantitative estimate of drug-likeness (QED) is 0.567. The predicted molar refractivity (Wildman–Crippen MR) is 24.1 cm³/mol. The van der Waals surface area contributed by atoms with Gasteiger partial charge in [0.1, 0.15) is 0 Å². The molecule has 0 saturated carbocycles. The molecule has 0 atom stereocenters. The van der Waals surface area contributed by atoms with Gasteiger partial charge in [-0.25, -0.2) is 17.6 Å². The normalized spacial score (nSPS) is 12.9. The smallest absolute Gasteiger partial charge is 0.200 e. The lowest BCUT2D eigenvalue weighted by atomic mass is 10.7. The summed E-state index contributed by atoms with van der Waals surface area (Å²) in [5, 5.41) is 0. The molecule has 0 saturated heterocycles. The van der Waals surface area contributed by atoms with Crippen LogP contribution in [0, 0.1) is 0 Å². The number of rotatable bonds is 0. The monoisotopic (exact) mass is 240 g/mol. The summed E-state index contributed by atoms with van der Waals surface area (Å²) in [6.07, 6.45) is -19.1. The Morgan fingerprint density at radius 3 is 0.571 bits per heavy atom. The summed E-state index contributed by atoms with van der Waals surface area (Å²) in [7, 11) is 0. The molecule has 0 aliphatic rings. The van der Waals surface area contributed by atoms with Crippen LogP contribution in [0.15, 0.2) is 0 Å². The largest absolute Gasteiger partial charge is 0.450 e. The van der Waals surface area contributed by atoms with Crippen molar-refractivity contribution < 1.29 is 43.9 Å². The topological polar surface area (TPSA) is 0 Å². The Kier molecular flexibility index (Phi) is 5.91. The summed E-state index contributed by atoms with van der Waals surface area (Å²) < 4.78 is 104. The molecule has 14 heavy (non-hydrogen) atoms. The molecule has 0 aliphatic carbocycles. The van der Waals surface area contributed by atoms with Gasteiger partial charge >= 0.3 is 25.2 Å². The minimum Gasteiger partial charge on any atom is -0.200 e. The maximum Gasteiger partial charge on any atom is 0.450 e. The number of alkyl halides is 10. The first-order valence-corrected chi connectivity index (χ1v) is 2.58. The van der Waals surface area contributed by atoms with Crippen molar-refractivity contribution in [1.82, 2.24) is 0 Å². The molecule has 0 bridgehead atoms. The van der Waals surface area contributed by atoms with Crippen LogP contribution in [0.3, 0.4) is 0 Å². The van der Waals surface area contributed by atoms with Gasteiger partial charge in [0.05, 0.1) is 0 Å². The lowest BCUT2D eigenvalue weighted by molar-refractivity contribution is -0.219. The van der Waals surface area contributed by atoms with Gasteiger partial charge in [-0.1, -0.05) is 0 Å². The van der Waals surface area contributed by atoms with Crippen molar-refractivity contribution in [1.29, 1.82) is 0 Å². The molecule has 0 aromatic rings. The van der Waals surface area contributed by atoms with Crippen LogP contribution in [0.2, 0.25) is 0 Å². The van der Waals surface area contributed by atoms with Crippen molar-refractivity contribution in [3.05, 3.63) is 0 Å². The second-order valence-corrected chi connectivity index (χ2v) is 1.68. The van der Waals surface area contributed by atoms with Gasteiger partial charge in [-0.3, -0.25) is 0 Å². The van der Waals surface area contributed by atoms with Gasteiger partial charge in [-0.15, -0.1) is 0 Å². The molecule has 10 heteroatoms. The first kappa shape index (κ1) is 15.8. The molecule has 0 heterocycles. The van der Waals surface area contributed by atoms with E-state index in [0.717, 1.165) is 0 Å². The van der Waals surface area contributed by atoms with Crippen LogP contribution in [0.25, 0.3) is 0 Å². The van der Waals surface area contributed by atoms with Crippen LogP contribution in [-0.2, 0) is 0 Å².